The molecule has 0 radical (unpaired) electrons. The van der Waals surface area contributed by atoms with Gasteiger partial charge in [-0.15, -0.1) is 0 Å². The summed E-state index contributed by atoms with van der Waals surface area (Å²) in [5.74, 6) is 0. The van der Waals surface area contributed by atoms with E-state index in [1.54, 1.807) is 0 Å². The molecule has 0 heterocycles. The molecule has 14 heavy (non-hydrogen) atoms. The molecule has 0 aliphatic heterocycles. The van der Waals surface area contributed by atoms with Gasteiger partial charge in [0.2, 0.25) is 0 Å². The summed E-state index contributed by atoms with van der Waals surface area (Å²) in [4.78, 5) is 17.0. The lowest BCUT2D eigenvalue weighted by molar-refractivity contribution is 0.367. The average Bonchev–Trinajstić information content (AvgIpc) is 2.01. The Morgan fingerprint density at radius 2 is 1.71 bits per heavy atom. The van der Waals surface area contributed by atoms with Gasteiger partial charge in [-0.2, -0.15) is 0 Å². The molecule has 7 N–H and O–H groups in total. The van der Waals surface area contributed by atoms with Gasteiger partial charge in [0.05, 0.1) is 6.29 Å². The van der Waals surface area contributed by atoms with E-state index in [1.807, 2.05) is 0 Å². The van der Waals surface area contributed by atoms with E-state index in [0.29, 0.717) is 6.54 Å². The molecule has 0 atom stereocenters. The van der Waals surface area contributed by atoms with Gasteiger partial charge in [0.1, 0.15) is 0 Å². The quantitative estimate of drug-likeness (QED) is 0.326. The molecule has 0 fully saturated rings. The molecule has 0 aromatic carbocycles. The SMILES string of the molecule is NCCCCCCNCP(=O)(O)O.O. The van der Waals surface area contributed by atoms with Crippen molar-refractivity contribution < 1.29 is 19.8 Å². The van der Waals surface area contributed by atoms with Crippen LogP contribution in [-0.2, 0) is 4.57 Å². The van der Waals surface area contributed by atoms with Gasteiger partial charge >= 0.3 is 7.60 Å². The van der Waals surface area contributed by atoms with Crippen LogP contribution in [0.15, 0.2) is 0 Å². The van der Waals surface area contributed by atoms with E-state index < -0.39 is 7.60 Å². The fraction of sp³-hybridized carbons (Fsp3) is 1.00. The Kier molecular flexibility index (Phi) is 11.3. The molecule has 0 rings (SSSR count). The molecule has 0 aliphatic carbocycles. The summed E-state index contributed by atoms with van der Waals surface area (Å²) in [6.07, 6.45) is 3.90. The molecular formula is C7H21N2O4P. The lowest BCUT2D eigenvalue weighted by Crippen LogP contribution is -2.16. The number of unbranched alkanes of at least 4 members (excludes halogenated alkanes) is 3. The molecule has 88 valence electrons. The van der Waals surface area contributed by atoms with E-state index in [0.717, 1.165) is 32.2 Å². The summed E-state index contributed by atoms with van der Waals surface area (Å²) in [5.41, 5.74) is 5.31. The average molecular weight is 228 g/mol. The first-order chi connectivity index (χ1) is 6.06. The summed E-state index contributed by atoms with van der Waals surface area (Å²) in [6.45, 7) is 1.38. The van der Waals surface area contributed by atoms with Gasteiger partial charge in [0.15, 0.2) is 0 Å². The van der Waals surface area contributed by atoms with Crippen LogP contribution in [0.1, 0.15) is 25.7 Å². The smallest absolute Gasteiger partial charge is 0.339 e. The molecule has 0 unspecified atom stereocenters. The highest BCUT2D eigenvalue weighted by atomic mass is 31.2. The van der Waals surface area contributed by atoms with E-state index in [4.69, 9.17) is 15.5 Å². The monoisotopic (exact) mass is 228 g/mol. The van der Waals surface area contributed by atoms with Crippen LogP contribution < -0.4 is 11.1 Å². The molecule has 6 nitrogen and oxygen atoms in total. The first-order valence-electron chi connectivity index (χ1n) is 4.51. The third-order valence-electron chi connectivity index (χ3n) is 1.63. The fourth-order valence-corrected chi connectivity index (χ4v) is 1.42. The maximum atomic E-state index is 10.4. The first kappa shape index (κ1) is 16.5. The zero-order valence-electron chi connectivity index (χ0n) is 8.28. The highest BCUT2D eigenvalue weighted by molar-refractivity contribution is 7.51. The van der Waals surface area contributed by atoms with Crippen molar-refractivity contribution in [2.24, 2.45) is 5.73 Å². The lowest BCUT2D eigenvalue weighted by Gasteiger charge is -2.05. The Hall–Kier alpha value is 0.0300. The van der Waals surface area contributed by atoms with E-state index in [9.17, 15) is 4.57 Å². The molecule has 0 aromatic heterocycles. The van der Waals surface area contributed by atoms with Crippen molar-refractivity contribution in [3.05, 3.63) is 0 Å². The van der Waals surface area contributed by atoms with Gasteiger partial charge in [-0.05, 0) is 25.9 Å². The highest BCUT2D eigenvalue weighted by Gasteiger charge is 2.10. The second-order valence-corrected chi connectivity index (χ2v) is 4.67. The Balaban J connectivity index is 0. The van der Waals surface area contributed by atoms with E-state index in [2.05, 4.69) is 5.32 Å². The fourth-order valence-electron chi connectivity index (χ4n) is 0.973. The first-order valence-corrected chi connectivity index (χ1v) is 6.31. The molecule has 0 saturated carbocycles. The molecule has 0 amide bonds. The van der Waals surface area contributed by atoms with Gasteiger partial charge in [-0.1, -0.05) is 12.8 Å². The topological polar surface area (TPSA) is 127 Å². The Morgan fingerprint density at radius 3 is 2.21 bits per heavy atom. The van der Waals surface area contributed by atoms with Crippen molar-refractivity contribution >= 4 is 7.60 Å². The zero-order chi connectivity index (χ0) is 10.2. The van der Waals surface area contributed by atoms with Crippen molar-refractivity contribution in [1.29, 1.82) is 0 Å². The zero-order valence-corrected chi connectivity index (χ0v) is 9.17. The maximum absolute atomic E-state index is 10.4. The Labute approximate surface area is 84.4 Å². The van der Waals surface area contributed by atoms with Crippen LogP contribution in [0.5, 0.6) is 0 Å². The van der Waals surface area contributed by atoms with Gasteiger partial charge in [-0.25, -0.2) is 0 Å². The van der Waals surface area contributed by atoms with Crippen molar-refractivity contribution in [2.75, 3.05) is 19.4 Å². The minimum Gasteiger partial charge on any atom is -0.412 e. The number of nitrogens with one attached hydrogen (secondary N) is 1. The van der Waals surface area contributed by atoms with Gasteiger partial charge < -0.3 is 26.3 Å². The van der Waals surface area contributed by atoms with Crippen LogP contribution in [0.3, 0.4) is 0 Å². The summed E-state index contributed by atoms with van der Waals surface area (Å²) in [5, 5.41) is 2.71. The normalized spacial score (nSPS) is 11.1. The lowest BCUT2D eigenvalue weighted by atomic mass is 10.2. The molecule has 7 heteroatoms. The van der Waals surface area contributed by atoms with Crippen molar-refractivity contribution in [2.45, 2.75) is 25.7 Å². The van der Waals surface area contributed by atoms with Gasteiger partial charge in [-0.3, -0.25) is 4.57 Å². The number of hydrogen-bond acceptors (Lipinski definition) is 3. The molecule has 0 aliphatic rings. The van der Waals surface area contributed by atoms with Crippen molar-refractivity contribution in [3.63, 3.8) is 0 Å². The highest BCUT2D eigenvalue weighted by Crippen LogP contribution is 2.31. The number of rotatable bonds is 8. The Morgan fingerprint density at radius 1 is 1.14 bits per heavy atom. The second kappa shape index (κ2) is 9.58. The summed E-state index contributed by atoms with van der Waals surface area (Å²) < 4.78 is 10.4. The van der Waals surface area contributed by atoms with Crippen LogP contribution in [0, 0.1) is 0 Å². The number of hydrogen-bond donors (Lipinski definition) is 4. The Bertz CT molecular complexity index is 162. The second-order valence-electron chi connectivity index (χ2n) is 3.03. The van der Waals surface area contributed by atoms with Crippen LogP contribution in [0.4, 0.5) is 0 Å². The van der Waals surface area contributed by atoms with Gasteiger partial charge in [0, 0.05) is 0 Å². The van der Waals surface area contributed by atoms with Crippen LogP contribution in [-0.4, -0.2) is 34.6 Å². The summed E-state index contributed by atoms with van der Waals surface area (Å²) in [7, 11) is -3.86. The van der Waals surface area contributed by atoms with Crippen LogP contribution >= 0.6 is 7.60 Å². The minimum atomic E-state index is -3.86. The molecular weight excluding hydrogens is 207 g/mol. The van der Waals surface area contributed by atoms with Crippen molar-refractivity contribution in [3.8, 4) is 0 Å². The molecule has 0 aromatic rings. The summed E-state index contributed by atoms with van der Waals surface area (Å²) >= 11 is 0. The predicted octanol–water partition coefficient (Wildman–Crippen LogP) is -0.594. The van der Waals surface area contributed by atoms with Crippen molar-refractivity contribution in [1.82, 2.24) is 5.32 Å². The van der Waals surface area contributed by atoms with E-state index in [-0.39, 0.29) is 11.8 Å². The standard InChI is InChI=1S/C7H19N2O3P.H2O/c8-5-3-1-2-4-6-9-7-13(10,11)12;/h9H,1-8H2,(H2,10,11,12);1H2. The summed E-state index contributed by atoms with van der Waals surface area (Å²) in [6, 6.07) is 0. The van der Waals surface area contributed by atoms with Gasteiger partial charge in [0.25, 0.3) is 0 Å². The van der Waals surface area contributed by atoms with Crippen LogP contribution in [0.25, 0.3) is 0 Å². The number of nitrogens with two attached hydrogens (primary N) is 1. The largest absolute Gasteiger partial charge is 0.412 e. The van der Waals surface area contributed by atoms with E-state index in [1.165, 1.54) is 0 Å². The van der Waals surface area contributed by atoms with Crippen LogP contribution in [0.2, 0.25) is 0 Å². The molecule has 0 spiro atoms. The molecule has 0 bridgehead atoms. The van der Waals surface area contributed by atoms with E-state index >= 15 is 0 Å². The third-order valence-corrected chi connectivity index (χ3v) is 2.26. The predicted molar refractivity (Wildman–Crippen MR) is 56.1 cm³/mol. The molecule has 0 saturated heterocycles. The maximum Gasteiger partial charge on any atom is 0.339 e. The third kappa shape index (κ3) is 14.5. The minimum absolute atomic E-state index is 0.